The Morgan fingerprint density at radius 2 is 1.93 bits per heavy atom. The summed E-state index contributed by atoms with van der Waals surface area (Å²) in [7, 11) is 0. The Hall–Kier alpha value is -3.75. The fraction of sp³-hybridized carbons (Fsp3) is 0.211. The highest BCUT2D eigenvalue weighted by molar-refractivity contribution is 5.89. The second-order valence-electron chi connectivity index (χ2n) is 5.92. The van der Waals surface area contributed by atoms with Crippen LogP contribution in [0.25, 0.3) is 0 Å². The van der Waals surface area contributed by atoms with Gasteiger partial charge in [0.15, 0.2) is 0 Å². The van der Waals surface area contributed by atoms with Crippen LogP contribution < -0.4 is 16.1 Å². The summed E-state index contributed by atoms with van der Waals surface area (Å²) in [5, 5.41) is 0. The predicted molar refractivity (Wildman–Crippen MR) is 102 cm³/mol. The van der Waals surface area contributed by atoms with E-state index in [-0.39, 0.29) is 6.54 Å². The highest BCUT2D eigenvalue weighted by Gasteiger charge is 2.14. The number of carbonyl (C=O) groups excluding carboxylic acids is 1. The molecule has 144 valence electrons. The Morgan fingerprint density at radius 3 is 2.57 bits per heavy atom. The number of anilines is 1. The first kappa shape index (κ1) is 19.0. The molecule has 3 aromatic rings. The number of hydrogen-bond donors (Lipinski definition) is 2. The van der Waals surface area contributed by atoms with Crippen molar-refractivity contribution in [3.63, 3.8) is 0 Å². The summed E-state index contributed by atoms with van der Waals surface area (Å²) < 4.78 is 5.00. The zero-order chi connectivity index (χ0) is 19.9. The highest BCUT2D eigenvalue weighted by Crippen LogP contribution is 2.19. The van der Waals surface area contributed by atoms with E-state index >= 15 is 0 Å². The van der Waals surface area contributed by atoms with Gasteiger partial charge in [-0.25, -0.2) is 9.59 Å². The topological polar surface area (TPSA) is 121 Å². The van der Waals surface area contributed by atoms with Gasteiger partial charge in [0.2, 0.25) is 0 Å². The maximum Gasteiger partial charge on any atom is 0.338 e. The van der Waals surface area contributed by atoms with Gasteiger partial charge in [-0.15, -0.1) is 0 Å². The zero-order valence-corrected chi connectivity index (χ0v) is 15.2. The van der Waals surface area contributed by atoms with Crippen molar-refractivity contribution in [3.05, 3.63) is 86.7 Å². The van der Waals surface area contributed by atoms with Gasteiger partial charge < -0.3 is 14.6 Å². The van der Waals surface area contributed by atoms with Crippen molar-refractivity contribution in [2.45, 2.75) is 20.0 Å². The fourth-order valence-corrected chi connectivity index (χ4v) is 2.63. The average molecular weight is 381 g/mol. The zero-order valence-electron chi connectivity index (χ0n) is 15.2. The third-order valence-electron chi connectivity index (χ3n) is 3.97. The van der Waals surface area contributed by atoms with Crippen LogP contribution in [0.5, 0.6) is 0 Å². The van der Waals surface area contributed by atoms with Gasteiger partial charge >= 0.3 is 11.7 Å². The summed E-state index contributed by atoms with van der Waals surface area (Å²) >= 11 is 0. The van der Waals surface area contributed by atoms with Gasteiger partial charge in [-0.3, -0.25) is 19.7 Å². The van der Waals surface area contributed by atoms with Crippen molar-refractivity contribution in [2.75, 3.05) is 11.5 Å². The SMILES string of the molecule is CCOC(=O)c1ccc(N(Cc2cnccn2)Cc2c[nH]c(=O)[nH]c2=O)cc1. The first-order valence-electron chi connectivity index (χ1n) is 8.64. The van der Waals surface area contributed by atoms with E-state index in [1.54, 1.807) is 49.8 Å². The summed E-state index contributed by atoms with van der Waals surface area (Å²) in [5.74, 6) is -0.397. The molecular formula is C19H19N5O4. The number of H-pyrrole nitrogens is 2. The number of rotatable bonds is 7. The molecule has 3 rings (SSSR count). The van der Waals surface area contributed by atoms with E-state index in [2.05, 4.69) is 19.9 Å². The summed E-state index contributed by atoms with van der Waals surface area (Å²) in [4.78, 5) is 50.1. The summed E-state index contributed by atoms with van der Waals surface area (Å²) in [6, 6.07) is 6.85. The van der Waals surface area contributed by atoms with Gasteiger partial charge in [0.25, 0.3) is 5.56 Å². The predicted octanol–water partition coefficient (Wildman–Crippen LogP) is 1.24. The lowest BCUT2D eigenvalue weighted by Crippen LogP contribution is -2.30. The maximum atomic E-state index is 12.1. The maximum absolute atomic E-state index is 12.1. The molecule has 0 aliphatic rings. The van der Waals surface area contributed by atoms with Crippen LogP contribution in [0.15, 0.2) is 58.6 Å². The number of carbonyl (C=O) groups is 1. The molecule has 0 radical (unpaired) electrons. The first-order chi connectivity index (χ1) is 13.6. The lowest BCUT2D eigenvalue weighted by molar-refractivity contribution is 0.0526. The van der Waals surface area contributed by atoms with E-state index in [0.717, 1.165) is 5.69 Å². The summed E-state index contributed by atoms with van der Waals surface area (Å²) in [6.45, 7) is 2.65. The van der Waals surface area contributed by atoms with E-state index in [4.69, 9.17) is 4.74 Å². The number of ether oxygens (including phenoxy) is 1. The molecule has 2 N–H and O–H groups in total. The number of hydrogen-bond acceptors (Lipinski definition) is 7. The Kier molecular flexibility index (Phi) is 5.95. The summed E-state index contributed by atoms with van der Waals surface area (Å²) in [6.07, 6.45) is 6.19. The van der Waals surface area contributed by atoms with Crippen LogP contribution in [0.3, 0.4) is 0 Å². The van der Waals surface area contributed by atoms with Crippen LogP contribution in [-0.2, 0) is 17.8 Å². The van der Waals surface area contributed by atoms with Gasteiger partial charge in [0.05, 0.1) is 42.7 Å². The van der Waals surface area contributed by atoms with Crippen LogP contribution >= 0.6 is 0 Å². The molecule has 0 atom stereocenters. The van der Waals surface area contributed by atoms with E-state index in [9.17, 15) is 14.4 Å². The molecule has 2 aromatic heterocycles. The molecule has 2 heterocycles. The van der Waals surface area contributed by atoms with Crippen LogP contribution in [0.2, 0.25) is 0 Å². The highest BCUT2D eigenvalue weighted by atomic mass is 16.5. The average Bonchev–Trinajstić information content (AvgIpc) is 2.70. The molecule has 0 bridgehead atoms. The van der Waals surface area contributed by atoms with E-state index in [1.165, 1.54) is 6.20 Å². The van der Waals surface area contributed by atoms with E-state index < -0.39 is 17.2 Å². The number of aromatic amines is 2. The minimum Gasteiger partial charge on any atom is -0.462 e. The van der Waals surface area contributed by atoms with Crippen molar-refractivity contribution in [3.8, 4) is 0 Å². The second-order valence-corrected chi connectivity index (χ2v) is 5.92. The van der Waals surface area contributed by atoms with E-state index in [1.807, 2.05) is 4.90 Å². The van der Waals surface area contributed by atoms with Gasteiger partial charge in [-0.1, -0.05) is 0 Å². The van der Waals surface area contributed by atoms with Gasteiger partial charge in [0, 0.05) is 24.3 Å². The number of aromatic nitrogens is 4. The lowest BCUT2D eigenvalue weighted by atomic mass is 10.1. The lowest BCUT2D eigenvalue weighted by Gasteiger charge is -2.24. The van der Waals surface area contributed by atoms with Crippen molar-refractivity contribution < 1.29 is 9.53 Å². The molecular weight excluding hydrogens is 362 g/mol. The monoisotopic (exact) mass is 381 g/mol. The molecule has 0 fully saturated rings. The summed E-state index contributed by atoms with van der Waals surface area (Å²) in [5.41, 5.74) is 1.27. The minimum atomic E-state index is -0.562. The molecule has 28 heavy (non-hydrogen) atoms. The molecule has 0 spiro atoms. The van der Waals surface area contributed by atoms with Crippen LogP contribution in [-0.4, -0.2) is 32.5 Å². The van der Waals surface area contributed by atoms with Crippen molar-refractivity contribution in [2.24, 2.45) is 0 Å². The number of nitrogens with zero attached hydrogens (tertiary/aromatic N) is 3. The van der Waals surface area contributed by atoms with Crippen LogP contribution in [0.1, 0.15) is 28.5 Å². The number of esters is 1. The third-order valence-corrected chi connectivity index (χ3v) is 3.97. The molecule has 0 amide bonds. The van der Waals surface area contributed by atoms with Crippen LogP contribution in [0, 0.1) is 0 Å². The Morgan fingerprint density at radius 1 is 1.14 bits per heavy atom. The first-order valence-corrected chi connectivity index (χ1v) is 8.64. The molecule has 9 nitrogen and oxygen atoms in total. The molecule has 0 aliphatic carbocycles. The van der Waals surface area contributed by atoms with Gasteiger partial charge in [-0.2, -0.15) is 0 Å². The standard InChI is InChI=1S/C19H19N5O4/c1-2-28-18(26)13-3-5-16(6-4-13)24(12-15-10-20-7-8-21-15)11-14-9-22-19(27)23-17(14)25/h3-10H,2,11-12H2,1H3,(H2,22,23,25,27). The van der Waals surface area contributed by atoms with Crippen molar-refractivity contribution in [1.82, 2.24) is 19.9 Å². The third kappa shape index (κ3) is 4.70. The van der Waals surface area contributed by atoms with Crippen molar-refractivity contribution in [1.29, 1.82) is 0 Å². The number of benzene rings is 1. The molecule has 1 aromatic carbocycles. The van der Waals surface area contributed by atoms with Gasteiger partial charge in [0.1, 0.15) is 0 Å². The number of nitrogens with one attached hydrogen (secondary N) is 2. The Labute approximate surface area is 160 Å². The molecule has 9 heteroatoms. The molecule has 0 saturated carbocycles. The Bertz CT molecular complexity index is 1040. The quantitative estimate of drug-likeness (QED) is 0.591. The molecule has 0 saturated heterocycles. The van der Waals surface area contributed by atoms with Crippen LogP contribution in [0.4, 0.5) is 5.69 Å². The minimum absolute atomic E-state index is 0.224. The fourth-order valence-electron chi connectivity index (χ4n) is 2.63. The van der Waals surface area contributed by atoms with Crippen molar-refractivity contribution >= 4 is 11.7 Å². The molecule has 0 unspecified atom stereocenters. The normalized spacial score (nSPS) is 10.5. The van der Waals surface area contributed by atoms with Gasteiger partial charge in [-0.05, 0) is 31.2 Å². The second kappa shape index (κ2) is 8.76. The van der Waals surface area contributed by atoms with E-state index in [0.29, 0.717) is 30.0 Å². The smallest absolute Gasteiger partial charge is 0.338 e. The molecule has 0 aliphatic heterocycles. The Balaban J connectivity index is 1.90. The largest absolute Gasteiger partial charge is 0.462 e.